The van der Waals surface area contributed by atoms with Gasteiger partial charge in [0.25, 0.3) is 5.91 Å². The smallest absolute Gasteiger partial charge is 0.255 e. The summed E-state index contributed by atoms with van der Waals surface area (Å²) in [7, 11) is 0. The molecule has 1 aliphatic rings. The van der Waals surface area contributed by atoms with Crippen molar-refractivity contribution in [3.05, 3.63) is 47.1 Å². The standard InChI is InChI=1S/C13H13N3O2/c1-9-11-4-6-16(8-12(11)18-15-9)13(17)10-3-2-5-14-7-10/h2-3,5,7H,4,6,8H2,1H3. The van der Waals surface area contributed by atoms with Gasteiger partial charge in [-0.3, -0.25) is 9.78 Å². The number of hydrogen-bond acceptors (Lipinski definition) is 4. The molecule has 0 unspecified atom stereocenters. The van der Waals surface area contributed by atoms with Crippen LogP contribution < -0.4 is 0 Å². The molecule has 0 aromatic carbocycles. The summed E-state index contributed by atoms with van der Waals surface area (Å²) in [4.78, 5) is 18.0. The fourth-order valence-electron chi connectivity index (χ4n) is 2.22. The van der Waals surface area contributed by atoms with E-state index >= 15 is 0 Å². The minimum absolute atomic E-state index is 0.0113. The minimum atomic E-state index is -0.0113. The summed E-state index contributed by atoms with van der Waals surface area (Å²) >= 11 is 0. The van der Waals surface area contributed by atoms with Crippen LogP contribution in [0.2, 0.25) is 0 Å². The lowest BCUT2D eigenvalue weighted by molar-refractivity contribution is 0.0715. The van der Waals surface area contributed by atoms with E-state index in [4.69, 9.17) is 4.52 Å². The van der Waals surface area contributed by atoms with Crippen LogP contribution in [0, 0.1) is 6.92 Å². The quantitative estimate of drug-likeness (QED) is 0.763. The Morgan fingerprint density at radius 3 is 3.17 bits per heavy atom. The average molecular weight is 243 g/mol. The molecule has 1 amide bonds. The molecule has 1 aliphatic heterocycles. The van der Waals surface area contributed by atoms with Gasteiger partial charge in [0, 0.05) is 24.5 Å². The molecule has 2 aromatic heterocycles. The predicted molar refractivity (Wildman–Crippen MR) is 63.9 cm³/mol. The second-order valence-electron chi connectivity index (χ2n) is 4.39. The van der Waals surface area contributed by atoms with Gasteiger partial charge in [0.15, 0.2) is 5.76 Å². The van der Waals surface area contributed by atoms with Crippen LogP contribution in [0.3, 0.4) is 0 Å². The second-order valence-corrected chi connectivity index (χ2v) is 4.39. The van der Waals surface area contributed by atoms with Crippen molar-refractivity contribution in [2.45, 2.75) is 19.9 Å². The van der Waals surface area contributed by atoms with Crippen LogP contribution in [0.1, 0.15) is 27.4 Å². The molecule has 92 valence electrons. The Morgan fingerprint density at radius 2 is 2.39 bits per heavy atom. The third-order valence-electron chi connectivity index (χ3n) is 3.23. The number of hydrogen-bond donors (Lipinski definition) is 0. The molecule has 0 atom stereocenters. The first kappa shape index (κ1) is 11.0. The van der Waals surface area contributed by atoms with Crippen LogP contribution >= 0.6 is 0 Å². The van der Waals surface area contributed by atoms with Crippen LogP contribution in [-0.4, -0.2) is 27.5 Å². The molecule has 3 heterocycles. The minimum Gasteiger partial charge on any atom is -0.359 e. The second kappa shape index (κ2) is 4.25. The summed E-state index contributed by atoms with van der Waals surface area (Å²) in [6, 6.07) is 3.54. The van der Waals surface area contributed by atoms with Crippen molar-refractivity contribution in [3.63, 3.8) is 0 Å². The number of aryl methyl sites for hydroxylation is 1. The van der Waals surface area contributed by atoms with Crippen molar-refractivity contribution in [1.29, 1.82) is 0 Å². The Hall–Kier alpha value is -2.17. The van der Waals surface area contributed by atoms with E-state index in [1.165, 1.54) is 0 Å². The topological polar surface area (TPSA) is 59.2 Å². The van der Waals surface area contributed by atoms with E-state index in [-0.39, 0.29) is 5.91 Å². The lowest BCUT2D eigenvalue weighted by atomic mass is 10.0. The van der Waals surface area contributed by atoms with E-state index in [0.29, 0.717) is 18.7 Å². The lowest BCUT2D eigenvalue weighted by Crippen LogP contribution is -2.35. The van der Waals surface area contributed by atoms with E-state index in [0.717, 1.165) is 23.4 Å². The fourth-order valence-corrected chi connectivity index (χ4v) is 2.22. The third-order valence-corrected chi connectivity index (χ3v) is 3.23. The Kier molecular flexibility index (Phi) is 2.59. The van der Waals surface area contributed by atoms with Crippen molar-refractivity contribution in [2.75, 3.05) is 6.54 Å². The molecule has 0 saturated carbocycles. The number of carbonyl (C=O) groups excluding carboxylic acids is 1. The van der Waals surface area contributed by atoms with Crippen molar-refractivity contribution >= 4 is 5.91 Å². The first-order valence-corrected chi connectivity index (χ1v) is 5.89. The van der Waals surface area contributed by atoms with Gasteiger partial charge in [-0.2, -0.15) is 0 Å². The van der Waals surface area contributed by atoms with E-state index < -0.39 is 0 Å². The molecule has 0 N–H and O–H groups in total. The van der Waals surface area contributed by atoms with Gasteiger partial charge in [-0.25, -0.2) is 0 Å². The van der Waals surface area contributed by atoms with Gasteiger partial charge in [-0.15, -0.1) is 0 Å². The maximum Gasteiger partial charge on any atom is 0.255 e. The number of nitrogens with zero attached hydrogens (tertiary/aromatic N) is 3. The van der Waals surface area contributed by atoms with E-state index in [1.807, 2.05) is 6.92 Å². The number of fused-ring (bicyclic) bond motifs is 1. The zero-order chi connectivity index (χ0) is 12.5. The molecule has 0 saturated heterocycles. The maximum atomic E-state index is 12.2. The van der Waals surface area contributed by atoms with Gasteiger partial charge < -0.3 is 9.42 Å². The fraction of sp³-hybridized carbons (Fsp3) is 0.308. The molecule has 0 fully saturated rings. The van der Waals surface area contributed by atoms with Crippen molar-refractivity contribution < 1.29 is 9.32 Å². The summed E-state index contributed by atoms with van der Waals surface area (Å²) in [6.07, 6.45) is 4.05. The van der Waals surface area contributed by atoms with E-state index in [1.54, 1.807) is 29.4 Å². The van der Waals surface area contributed by atoms with Crippen LogP contribution in [0.15, 0.2) is 29.0 Å². The number of amides is 1. The van der Waals surface area contributed by atoms with Gasteiger partial charge in [-0.1, -0.05) is 5.16 Å². The van der Waals surface area contributed by atoms with Crippen LogP contribution in [0.5, 0.6) is 0 Å². The number of pyridine rings is 1. The molecule has 0 aliphatic carbocycles. The maximum absolute atomic E-state index is 12.2. The highest BCUT2D eigenvalue weighted by molar-refractivity contribution is 5.93. The summed E-state index contributed by atoms with van der Waals surface area (Å²) in [6.45, 7) is 3.12. The highest BCUT2D eigenvalue weighted by Crippen LogP contribution is 2.22. The SMILES string of the molecule is Cc1noc2c1CCN(C(=O)c1cccnc1)C2. The molecule has 0 bridgehead atoms. The largest absolute Gasteiger partial charge is 0.359 e. The molecule has 2 aromatic rings. The molecule has 3 rings (SSSR count). The lowest BCUT2D eigenvalue weighted by Gasteiger charge is -2.25. The zero-order valence-electron chi connectivity index (χ0n) is 10.1. The molecule has 5 heteroatoms. The van der Waals surface area contributed by atoms with Crippen molar-refractivity contribution in [2.24, 2.45) is 0 Å². The molecule has 0 spiro atoms. The van der Waals surface area contributed by atoms with Gasteiger partial charge in [0.1, 0.15) is 0 Å². The normalized spacial score (nSPS) is 14.4. The summed E-state index contributed by atoms with van der Waals surface area (Å²) in [5.41, 5.74) is 2.68. The van der Waals surface area contributed by atoms with Gasteiger partial charge >= 0.3 is 0 Å². The summed E-state index contributed by atoms with van der Waals surface area (Å²) in [5.74, 6) is 0.791. The number of carbonyl (C=O) groups is 1. The van der Waals surface area contributed by atoms with Crippen LogP contribution in [0.4, 0.5) is 0 Å². The monoisotopic (exact) mass is 243 g/mol. The summed E-state index contributed by atoms with van der Waals surface area (Å²) in [5, 5.41) is 3.94. The third kappa shape index (κ3) is 1.77. The molecule has 18 heavy (non-hydrogen) atoms. The Labute approximate surface area is 104 Å². The van der Waals surface area contributed by atoms with Gasteiger partial charge in [0.2, 0.25) is 0 Å². The van der Waals surface area contributed by atoms with Crippen LogP contribution in [0.25, 0.3) is 0 Å². The number of rotatable bonds is 1. The summed E-state index contributed by atoms with van der Waals surface area (Å²) < 4.78 is 5.24. The predicted octanol–water partition coefficient (Wildman–Crippen LogP) is 1.58. The Bertz CT molecular complexity index is 577. The van der Waals surface area contributed by atoms with E-state index in [9.17, 15) is 4.79 Å². The van der Waals surface area contributed by atoms with E-state index in [2.05, 4.69) is 10.1 Å². The average Bonchev–Trinajstić information content (AvgIpc) is 2.80. The molecule has 0 radical (unpaired) electrons. The van der Waals surface area contributed by atoms with Crippen molar-refractivity contribution in [1.82, 2.24) is 15.0 Å². The van der Waals surface area contributed by atoms with Gasteiger partial charge in [-0.05, 0) is 25.5 Å². The number of aromatic nitrogens is 2. The highest BCUT2D eigenvalue weighted by atomic mass is 16.5. The zero-order valence-corrected chi connectivity index (χ0v) is 10.1. The van der Waals surface area contributed by atoms with Crippen molar-refractivity contribution in [3.8, 4) is 0 Å². The highest BCUT2D eigenvalue weighted by Gasteiger charge is 2.26. The first-order valence-electron chi connectivity index (χ1n) is 5.89. The van der Waals surface area contributed by atoms with Gasteiger partial charge in [0.05, 0.1) is 17.8 Å². The Morgan fingerprint density at radius 1 is 1.50 bits per heavy atom. The first-order chi connectivity index (χ1) is 8.75. The Balaban J connectivity index is 1.82. The molecular weight excluding hydrogens is 230 g/mol. The molecule has 5 nitrogen and oxygen atoms in total. The van der Waals surface area contributed by atoms with Crippen LogP contribution in [-0.2, 0) is 13.0 Å². The molecular formula is C13H13N3O2.